The number of ether oxygens (including phenoxy) is 3. The summed E-state index contributed by atoms with van der Waals surface area (Å²) in [6.07, 6.45) is 1.05. The van der Waals surface area contributed by atoms with Crippen LogP contribution in [-0.4, -0.2) is 65.1 Å². The number of anilines is 1. The van der Waals surface area contributed by atoms with Crippen LogP contribution in [0.2, 0.25) is 0 Å². The third kappa shape index (κ3) is 8.69. The maximum Gasteiger partial charge on any atom is 0.264 e. The largest absolute Gasteiger partial charge is 0.497 e. The minimum Gasteiger partial charge on any atom is -0.497 e. The molecule has 0 aliphatic carbocycles. The van der Waals surface area contributed by atoms with Crippen LogP contribution in [0.3, 0.4) is 0 Å². The van der Waals surface area contributed by atoms with Crippen LogP contribution in [0.1, 0.15) is 50.3 Å². The van der Waals surface area contributed by atoms with Crippen LogP contribution in [0, 0.1) is 13.8 Å². The number of amides is 2. The highest BCUT2D eigenvalue weighted by Crippen LogP contribution is 2.33. The van der Waals surface area contributed by atoms with E-state index in [1.165, 1.54) is 37.3 Å². The topological polar surface area (TPSA) is 114 Å². The average Bonchev–Trinajstić information content (AvgIpc) is 3.02. The Balaban J connectivity index is 2.13. The first kappa shape index (κ1) is 35.2. The highest BCUT2D eigenvalue weighted by atomic mass is 32.2. The van der Waals surface area contributed by atoms with E-state index < -0.39 is 28.5 Å². The molecule has 0 saturated heterocycles. The number of hydrogen-bond acceptors (Lipinski definition) is 7. The first-order chi connectivity index (χ1) is 21.4. The first-order valence-corrected chi connectivity index (χ1v) is 16.4. The lowest BCUT2D eigenvalue weighted by atomic mass is 10.1. The van der Waals surface area contributed by atoms with E-state index >= 15 is 0 Å². The van der Waals surface area contributed by atoms with Crippen LogP contribution in [0.4, 0.5) is 5.69 Å². The Morgan fingerprint density at radius 1 is 0.822 bits per heavy atom. The lowest BCUT2D eigenvalue weighted by Gasteiger charge is -2.34. The standard InChI is InChI=1S/C34H45N3O7S/c1-9-25(5)35-34(39)30(10-2)36(21-26-11-13-28(42-6)14-12-26)33(38)22-37(27-18-23(3)17-24(4)19-27)45(40,41)29-15-16-31(43-7)32(20-29)44-8/h11-20,25,30H,9-10,21-22H2,1-8H3,(H,35,39). The van der Waals surface area contributed by atoms with Gasteiger partial charge in [-0.3, -0.25) is 13.9 Å². The van der Waals surface area contributed by atoms with Crippen molar-refractivity contribution in [3.8, 4) is 17.2 Å². The molecule has 3 aromatic carbocycles. The Morgan fingerprint density at radius 3 is 1.98 bits per heavy atom. The third-order valence-electron chi connectivity index (χ3n) is 7.62. The highest BCUT2D eigenvalue weighted by Gasteiger charge is 2.34. The molecular weight excluding hydrogens is 594 g/mol. The fourth-order valence-electron chi connectivity index (χ4n) is 5.02. The zero-order chi connectivity index (χ0) is 33.3. The molecule has 3 rings (SSSR count). The summed E-state index contributed by atoms with van der Waals surface area (Å²) in [5.41, 5.74) is 2.76. The number of sulfonamides is 1. The lowest BCUT2D eigenvalue weighted by molar-refractivity contribution is -0.140. The van der Waals surface area contributed by atoms with Gasteiger partial charge in [0.25, 0.3) is 10.0 Å². The van der Waals surface area contributed by atoms with E-state index in [-0.39, 0.29) is 29.1 Å². The molecule has 244 valence electrons. The number of aryl methyl sites for hydroxylation is 2. The summed E-state index contributed by atoms with van der Waals surface area (Å²) < 4.78 is 45.7. The highest BCUT2D eigenvalue weighted by molar-refractivity contribution is 7.92. The Kier molecular flexibility index (Phi) is 12.3. The van der Waals surface area contributed by atoms with Gasteiger partial charge in [-0.2, -0.15) is 0 Å². The van der Waals surface area contributed by atoms with Crippen molar-refractivity contribution in [3.63, 3.8) is 0 Å². The van der Waals surface area contributed by atoms with E-state index in [1.807, 2.05) is 52.8 Å². The van der Waals surface area contributed by atoms with E-state index in [0.717, 1.165) is 27.4 Å². The van der Waals surface area contributed by atoms with Crippen molar-refractivity contribution in [2.45, 2.75) is 71.0 Å². The summed E-state index contributed by atoms with van der Waals surface area (Å²) in [6.45, 7) is 8.97. The van der Waals surface area contributed by atoms with E-state index in [0.29, 0.717) is 23.6 Å². The van der Waals surface area contributed by atoms with Gasteiger partial charge in [-0.15, -0.1) is 0 Å². The van der Waals surface area contributed by atoms with Gasteiger partial charge in [0.05, 0.1) is 31.9 Å². The van der Waals surface area contributed by atoms with Gasteiger partial charge in [0.2, 0.25) is 11.8 Å². The Morgan fingerprint density at radius 2 is 1.44 bits per heavy atom. The zero-order valence-electron chi connectivity index (χ0n) is 27.4. The van der Waals surface area contributed by atoms with Crippen molar-refractivity contribution < 1.29 is 32.2 Å². The monoisotopic (exact) mass is 639 g/mol. The number of hydrogen-bond donors (Lipinski definition) is 1. The van der Waals surface area contributed by atoms with Crippen LogP contribution >= 0.6 is 0 Å². The normalized spacial score (nSPS) is 12.5. The Labute approximate surface area is 267 Å². The fraction of sp³-hybridized carbons (Fsp3) is 0.412. The molecule has 45 heavy (non-hydrogen) atoms. The number of rotatable bonds is 15. The van der Waals surface area contributed by atoms with Crippen LogP contribution in [-0.2, 0) is 26.2 Å². The molecule has 10 nitrogen and oxygen atoms in total. The SMILES string of the molecule is CCC(C)NC(=O)C(CC)N(Cc1ccc(OC)cc1)C(=O)CN(c1cc(C)cc(C)c1)S(=O)(=O)c1ccc(OC)c(OC)c1. The van der Waals surface area contributed by atoms with Gasteiger partial charge in [0.1, 0.15) is 18.3 Å². The lowest BCUT2D eigenvalue weighted by Crippen LogP contribution is -2.53. The summed E-state index contributed by atoms with van der Waals surface area (Å²) in [7, 11) is 0.155. The van der Waals surface area contributed by atoms with Gasteiger partial charge in [-0.05, 0) is 86.7 Å². The van der Waals surface area contributed by atoms with Crippen molar-refractivity contribution >= 4 is 27.5 Å². The maximum absolute atomic E-state index is 14.4. The summed E-state index contributed by atoms with van der Waals surface area (Å²) in [5.74, 6) is 0.434. The molecule has 1 N–H and O–H groups in total. The zero-order valence-corrected chi connectivity index (χ0v) is 28.2. The molecule has 3 aromatic rings. The number of carbonyl (C=O) groups is 2. The minimum atomic E-state index is -4.30. The number of nitrogens with zero attached hydrogens (tertiary/aromatic N) is 2. The third-order valence-corrected chi connectivity index (χ3v) is 9.39. The van der Waals surface area contributed by atoms with Gasteiger partial charge >= 0.3 is 0 Å². The number of carbonyl (C=O) groups excluding carboxylic acids is 2. The van der Waals surface area contributed by atoms with Crippen LogP contribution in [0.5, 0.6) is 17.2 Å². The second-order valence-corrected chi connectivity index (χ2v) is 12.8. The molecule has 2 atom stereocenters. The predicted molar refractivity (Wildman–Crippen MR) is 176 cm³/mol. The van der Waals surface area contributed by atoms with Crippen molar-refractivity contribution in [3.05, 3.63) is 77.4 Å². The van der Waals surface area contributed by atoms with E-state index in [1.54, 1.807) is 31.4 Å². The summed E-state index contributed by atoms with van der Waals surface area (Å²) in [5, 5.41) is 2.99. The molecule has 2 unspecified atom stereocenters. The van der Waals surface area contributed by atoms with Crippen molar-refractivity contribution in [1.82, 2.24) is 10.2 Å². The molecule has 0 aliphatic rings. The molecule has 0 heterocycles. The smallest absolute Gasteiger partial charge is 0.264 e. The summed E-state index contributed by atoms with van der Waals surface area (Å²) in [4.78, 5) is 29.2. The minimum absolute atomic E-state index is 0.0737. The molecule has 0 aliphatic heterocycles. The van der Waals surface area contributed by atoms with Crippen LogP contribution in [0.25, 0.3) is 0 Å². The fourth-order valence-corrected chi connectivity index (χ4v) is 6.43. The molecule has 0 aromatic heterocycles. The van der Waals surface area contributed by atoms with Gasteiger partial charge in [-0.25, -0.2) is 8.42 Å². The first-order valence-electron chi connectivity index (χ1n) is 14.9. The van der Waals surface area contributed by atoms with E-state index in [4.69, 9.17) is 14.2 Å². The predicted octanol–water partition coefficient (Wildman–Crippen LogP) is 5.25. The van der Waals surface area contributed by atoms with Crippen molar-refractivity contribution in [2.24, 2.45) is 0 Å². The molecule has 0 saturated carbocycles. The van der Waals surface area contributed by atoms with Crippen molar-refractivity contribution in [1.29, 1.82) is 0 Å². The van der Waals surface area contributed by atoms with Crippen LogP contribution in [0.15, 0.2) is 65.6 Å². The number of methoxy groups -OCH3 is 3. The summed E-state index contributed by atoms with van der Waals surface area (Å²) >= 11 is 0. The number of benzene rings is 3. The van der Waals surface area contributed by atoms with Gasteiger partial charge in [0, 0.05) is 18.7 Å². The maximum atomic E-state index is 14.4. The van der Waals surface area contributed by atoms with Crippen LogP contribution < -0.4 is 23.8 Å². The van der Waals surface area contributed by atoms with Gasteiger partial charge in [-0.1, -0.05) is 32.0 Å². The average molecular weight is 640 g/mol. The number of nitrogens with one attached hydrogen (secondary N) is 1. The molecule has 2 amide bonds. The summed E-state index contributed by atoms with van der Waals surface area (Å²) in [6, 6.07) is 15.9. The van der Waals surface area contributed by atoms with Crippen molar-refractivity contribution in [2.75, 3.05) is 32.2 Å². The molecule has 0 bridgehead atoms. The Bertz CT molecular complexity index is 1550. The van der Waals surface area contributed by atoms with E-state index in [9.17, 15) is 18.0 Å². The second-order valence-electron chi connectivity index (χ2n) is 11.0. The molecule has 0 radical (unpaired) electrons. The molecule has 11 heteroatoms. The Hall–Kier alpha value is -4.25. The molecule has 0 spiro atoms. The molecular formula is C34H45N3O7S. The molecule has 0 fully saturated rings. The van der Waals surface area contributed by atoms with Gasteiger partial charge < -0.3 is 24.4 Å². The van der Waals surface area contributed by atoms with Gasteiger partial charge in [0.15, 0.2) is 11.5 Å². The second kappa shape index (κ2) is 15.7. The quantitative estimate of drug-likeness (QED) is 0.242. The van der Waals surface area contributed by atoms with E-state index in [2.05, 4.69) is 5.32 Å².